The molecule has 0 atom stereocenters. The second-order valence-electron chi connectivity index (χ2n) is 5.69. The standard InChI is InChI=1S/C18H16N2O2S/c1-18(2,17(21)22)23-16-15(19-9-10-20-16)14-8-7-12-5-3-4-6-13(12)11-14/h3-11H,1-2H3,(H,21,22). The Hall–Kier alpha value is -2.40. The minimum atomic E-state index is -0.971. The second kappa shape index (κ2) is 6.01. The largest absolute Gasteiger partial charge is 0.480 e. The first-order chi connectivity index (χ1) is 11.0. The zero-order valence-electron chi connectivity index (χ0n) is 12.9. The summed E-state index contributed by atoms with van der Waals surface area (Å²) in [5.74, 6) is -0.877. The van der Waals surface area contributed by atoms with E-state index in [0.29, 0.717) is 10.7 Å². The molecule has 1 heterocycles. The molecule has 0 saturated heterocycles. The molecule has 0 aliphatic heterocycles. The fourth-order valence-electron chi connectivity index (χ4n) is 2.22. The van der Waals surface area contributed by atoms with E-state index < -0.39 is 10.7 Å². The molecule has 0 unspecified atom stereocenters. The van der Waals surface area contributed by atoms with Crippen LogP contribution in [0.4, 0.5) is 0 Å². The molecular weight excluding hydrogens is 308 g/mol. The van der Waals surface area contributed by atoms with Crippen LogP contribution in [-0.2, 0) is 4.79 Å². The predicted octanol–water partition coefficient (Wildman–Crippen LogP) is 4.25. The first-order valence-corrected chi connectivity index (χ1v) is 8.01. The van der Waals surface area contributed by atoms with Gasteiger partial charge >= 0.3 is 5.97 Å². The molecule has 3 aromatic rings. The highest BCUT2D eigenvalue weighted by Crippen LogP contribution is 2.37. The molecule has 116 valence electrons. The minimum Gasteiger partial charge on any atom is -0.480 e. The number of aliphatic carboxylic acids is 1. The fourth-order valence-corrected chi connectivity index (χ4v) is 3.17. The van der Waals surface area contributed by atoms with E-state index >= 15 is 0 Å². The van der Waals surface area contributed by atoms with Crippen LogP contribution in [0.1, 0.15) is 13.8 Å². The van der Waals surface area contributed by atoms with Crippen molar-refractivity contribution in [3.63, 3.8) is 0 Å². The molecule has 1 N–H and O–H groups in total. The van der Waals surface area contributed by atoms with Crippen molar-refractivity contribution in [2.75, 3.05) is 0 Å². The van der Waals surface area contributed by atoms with Crippen LogP contribution in [0.3, 0.4) is 0 Å². The van der Waals surface area contributed by atoms with Crippen LogP contribution in [0.5, 0.6) is 0 Å². The molecule has 1 aromatic heterocycles. The zero-order chi connectivity index (χ0) is 16.4. The average Bonchev–Trinajstić information content (AvgIpc) is 2.54. The maximum Gasteiger partial charge on any atom is 0.319 e. The number of aromatic nitrogens is 2. The molecule has 0 spiro atoms. The van der Waals surface area contributed by atoms with Crippen LogP contribution in [0.2, 0.25) is 0 Å². The van der Waals surface area contributed by atoms with Gasteiger partial charge in [-0.25, -0.2) is 4.98 Å². The molecule has 0 bridgehead atoms. The predicted molar refractivity (Wildman–Crippen MR) is 92.5 cm³/mol. The van der Waals surface area contributed by atoms with E-state index in [-0.39, 0.29) is 0 Å². The third-order valence-electron chi connectivity index (χ3n) is 3.55. The summed E-state index contributed by atoms with van der Waals surface area (Å²) in [5, 5.41) is 12.2. The van der Waals surface area contributed by atoms with Gasteiger partial charge in [-0.3, -0.25) is 9.78 Å². The Morgan fingerprint density at radius 3 is 2.48 bits per heavy atom. The fraction of sp³-hybridized carbons (Fsp3) is 0.167. The van der Waals surface area contributed by atoms with E-state index in [4.69, 9.17) is 0 Å². The van der Waals surface area contributed by atoms with E-state index in [9.17, 15) is 9.90 Å². The third kappa shape index (κ3) is 3.19. The second-order valence-corrected chi connectivity index (χ2v) is 7.30. The van der Waals surface area contributed by atoms with Gasteiger partial charge in [0.2, 0.25) is 0 Å². The van der Waals surface area contributed by atoms with E-state index in [1.54, 1.807) is 26.2 Å². The molecule has 4 nitrogen and oxygen atoms in total. The molecule has 5 heteroatoms. The molecule has 0 aliphatic rings. The molecule has 0 aliphatic carbocycles. The smallest absolute Gasteiger partial charge is 0.319 e. The number of hydrogen-bond donors (Lipinski definition) is 1. The Morgan fingerprint density at radius 2 is 1.74 bits per heavy atom. The van der Waals surface area contributed by atoms with E-state index in [1.807, 2.05) is 30.3 Å². The van der Waals surface area contributed by atoms with E-state index in [2.05, 4.69) is 22.1 Å². The minimum absolute atomic E-state index is 0.621. The quantitative estimate of drug-likeness (QED) is 0.727. The first kappa shape index (κ1) is 15.5. The summed E-state index contributed by atoms with van der Waals surface area (Å²) < 4.78 is -0.971. The summed E-state index contributed by atoms with van der Waals surface area (Å²) >= 11 is 1.21. The van der Waals surface area contributed by atoms with Crippen molar-refractivity contribution in [1.82, 2.24) is 9.97 Å². The monoisotopic (exact) mass is 324 g/mol. The van der Waals surface area contributed by atoms with Crippen molar-refractivity contribution < 1.29 is 9.90 Å². The molecule has 2 aromatic carbocycles. The van der Waals surface area contributed by atoms with Crippen LogP contribution in [0, 0.1) is 0 Å². The topological polar surface area (TPSA) is 63.1 Å². The van der Waals surface area contributed by atoms with Gasteiger partial charge in [-0.05, 0) is 30.7 Å². The molecular formula is C18H16N2O2S. The summed E-state index contributed by atoms with van der Waals surface area (Å²) in [4.78, 5) is 20.1. The number of fused-ring (bicyclic) bond motifs is 1. The highest BCUT2D eigenvalue weighted by atomic mass is 32.2. The first-order valence-electron chi connectivity index (χ1n) is 7.20. The Balaban J connectivity index is 2.07. The van der Waals surface area contributed by atoms with Crippen LogP contribution < -0.4 is 0 Å². The average molecular weight is 324 g/mol. The Morgan fingerprint density at radius 1 is 1.04 bits per heavy atom. The number of carboxylic acid groups (broad SMARTS) is 1. The maximum atomic E-state index is 11.4. The van der Waals surface area contributed by atoms with Gasteiger partial charge in [0.05, 0.1) is 0 Å². The van der Waals surface area contributed by atoms with Crippen LogP contribution in [0.15, 0.2) is 59.9 Å². The van der Waals surface area contributed by atoms with Gasteiger partial charge in [0.1, 0.15) is 15.5 Å². The van der Waals surface area contributed by atoms with Gasteiger partial charge in [-0.2, -0.15) is 0 Å². The van der Waals surface area contributed by atoms with Crippen LogP contribution in [-0.4, -0.2) is 25.8 Å². The number of thioether (sulfide) groups is 1. The van der Waals surface area contributed by atoms with Crippen LogP contribution >= 0.6 is 11.8 Å². The molecule has 0 fully saturated rings. The molecule has 0 radical (unpaired) electrons. The number of rotatable bonds is 4. The lowest BCUT2D eigenvalue weighted by Gasteiger charge is -2.19. The Labute approximate surface area is 138 Å². The number of carbonyl (C=O) groups is 1. The van der Waals surface area contributed by atoms with Crippen molar-refractivity contribution in [3.05, 3.63) is 54.9 Å². The summed E-state index contributed by atoms with van der Waals surface area (Å²) in [6, 6.07) is 14.2. The van der Waals surface area contributed by atoms with Gasteiger partial charge in [0.25, 0.3) is 0 Å². The zero-order valence-corrected chi connectivity index (χ0v) is 13.7. The third-order valence-corrected chi connectivity index (χ3v) is 4.73. The lowest BCUT2D eigenvalue weighted by Crippen LogP contribution is -2.27. The van der Waals surface area contributed by atoms with Crippen molar-refractivity contribution in [3.8, 4) is 11.3 Å². The molecule has 23 heavy (non-hydrogen) atoms. The Bertz CT molecular complexity index is 878. The lowest BCUT2D eigenvalue weighted by atomic mass is 10.1. The SMILES string of the molecule is CC(C)(Sc1nccnc1-c1ccc2ccccc2c1)C(=O)O. The van der Waals surface area contributed by atoms with Gasteiger partial charge in [0, 0.05) is 18.0 Å². The normalized spacial score (nSPS) is 11.6. The Kier molecular flexibility index (Phi) is 4.05. The molecule has 3 rings (SSSR count). The van der Waals surface area contributed by atoms with Gasteiger partial charge < -0.3 is 5.11 Å². The van der Waals surface area contributed by atoms with E-state index in [0.717, 1.165) is 16.3 Å². The van der Waals surface area contributed by atoms with Gasteiger partial charge in [-0.1, -0.05) is 48.2 Å². The summed E-state index contributed by atoms with van der Waals surface area (Å²) in [5.41, 5.74) is 1.64. The summed E-state index contributed by atoms with van der Waals surface area (Å²) in [6.07, 6.45) is 3.22. The van der Waals surface area contributed by atoms with E-state index in [1.165, 1.54) is 11.8 Å². The highest BCUT2D eigenvalue weighted by molar-refractivity contribution is 8.01. The van der Waals surface area contributed by atoms with Gasteiger partial charge in [0.15, 0.2) is 0 Å². The van der Waals surface area contributed by atoms with Crippen LogP contribution in [0.25, 0.3) is 22.0 Å². The molecule has 0 amide bonds. The van der Waals surface area contributed by atoms with Crippen molar-refractivity contribution >= 4 is 28.5 Å². The van der Waals surface area contributed by atoms with Crippen molar-refractivity contribution in [2.45, 2.75) is 23.6 Å². The number of carboxylic acids is 1. The summed E-state index contributed by atoms with van der Waals surface area (Å²) in [7, 11) is 0. The molecule has 0 saturated carbocycles. The number of benzene rings is 2. The number of nitrogens with zero attached hydrogens (tertiary/aromatic N) is 2. The van der Waals surface area contributed by atoms with Crippen molar-refractivity contribution in [2.24, 2.45) is 0 Å². The highest BCUT2D eigenvalue weighted by Gasteiger charge is 2.30. The summed E-state index contributed by atoms with van der Waals surface area (Å²) in [6.45, 7) is 3.33. The van der Waals surface area contributed by atoms with Crippen molar-refractivity contribution in [1.29, 1.82) is 0 Å². The maximum absolute atomic E-state index is 11.4. The lowest BCUT2D eigenvalue weighted by molar-refractivity contribution is -0.138. The number of hydrogen-bond acceptors (Lipinski definition) is 4. The van der Waals surface area contributed by atoms with Gasteiger partial charge in [-0.15, -0.1) is 0 Å².